The Morgan fingerprint density at radius 3 is 2.62 bits per heavy atom. The maximum absolute atomic E-state index is 11.5. The lowest BCUT2D eigenvalue weighted by Gasteiger charge is -2.08. The summed E-state index contributed by atoms with van der Waals surface area (Å²) >= 11 is 0. The summed E-state index contributed by atoms with van der Waals surface area (Å²) in [7, 11) is 2.96. The third-order valence-corrected chi connectivity index (χ3v) is 1.84. The molecule has 0 saturated carbocycles. The molecule has 0 amide bonds. The summed E-state index contributed by atoms with van der Waals surface area (Å²) in [6, 6.07) is 4.80. The Kier molecular flexibility index (Phi) is 4.60. The van der Waals surface area contributed by atoms with Crippen molar-refractivity contribution in [3.8, 4) is 11.5 Å². The molecule has 5 nitrogen and oxygen atoms in total. The average Bonchev–Trinajstić information content (AvgIpc) is 2.35. The molecule has 0 unspecified atom stereocenters. The molecule has 0 aliphatic heterocycles. The summed E-state index contributed by atoms with van der Waals surface area (Å²) in [5.74, 6) is 0.264. The molecule has 16 heavy (non-hydrogen) atoms. The van der Waals surface area contributed by atoms with Crippen LogP contribution in [-0.4, -0.2) is 26.8 Å². The van der Waals surface area contributed by atoms with Crippen molar-refractivity contribution in [1.82, 2.24) is 0 Å². The molecule has 1 aromatic rings. The van der Waals surface area contributed by atoms with E-state index in [1.807, 2.05) is 0 Å². The molecule has 0 aliphatic rings. The van der Waals surface area contributed by atoms with E-state index in [1.165, 1.54) is 20.3 Å². The Balaban J connectivity index is 2.94. The quantitative estimate of drug-likeness (QED) is 0.563. The summed E-state index contributed by atoms with van der Waals surface area (Å²) < 4.78 is 10.0. The predicted molar refractivity (Wildman–Crippen MR) is 56.3 cm³/mol. The minimum absolute atomic E-state index is 0.0397. The van der Waals surface area contributed by atoms with Crippen molar-refractivity contribution in [2.24, 2.45) is 0 Å². The number of carbonyl (C=O) groups excluding carboxylic acids is 1. The van der Waals surface area contributed by atoms with E-state index in [4.69, 9.17) is 9.47 Å². The van der Waals surface area contributed by atoms with Gasteiger partial charge in [0.2, 0.25) is 0 Å². The molecule has 5 heteroatoms. The molecule has 0 fully saturated rings. The van der Waals surface area contributed by atoms with Crippen molar-refractivity contribution in [1.29, 1.82) is 0 Å². The Morgan fingerprint density at radius 1 is 1.31 bits per heavy atom. The van der Waals surface area contributed by atoms with Crippen molar-refractivity contribution >= 4 is 5.97 Å². The summed E-state index contributed by atoms with van der Waals surface area (Å²) in [5, 5.41) is 0. The molecular weight excluding hydrogens is 212 g/mol. The normalized spacial score (nSPS) is 9.69. The van der Waals surface area contributed by atoms with E-state index >= 15 is 0 Å². The average molecular weight is 225 g/mol. The van der Waals surface area contributed by atoms with Gasteiger partial charge in [-0.2, -0.15) is 4.89 Å². The molecule has 87 valence electrons. The molecule has 0 aromatic heterocycles. The maximum atomic E-state index is 11.5. The van der Waals surface area contributed by atoms with Crippen LogP contribution in [0.3, 0.4) is 0 Å². The zero-order valence-corrected chi connectivity index (χ0v) is 9.19. The molecule has 0 saturated heterocycles. The molecule has 0 atom stereocenters. The van der Waals surface area contributed by atoms with Crippen LogP contribution in [0.1, 0.15) is 10.4 Å². The van der Waals surface area contributed by atoms with Crippen LogP contribution in [0.15, 0.2) is 18.2 Å². The summed E-state index contributed by atoms with van der Waals surface area (Å²) in [5.41, 5.74) is 0.232. The van der Waals surface area contributed by atoms with Gasteiger partial charge in [0.1, 0.15) is 17.1 Å². The molecule has 0 heterocycles. The fraction of sp³-hybridized carbons (Fsp3) is 0.273. The number of hydrogen-bond acceptors (Lipinski definition) is 5. The van der Waals surface area contributed by atoms with Gasteiger partial charge >= 0.3 is 5.97 Å². The Bertz CT molecular complexity index is 361. The molecule has 1 aromatic carbocycles. The van der Waals surface area contributed by atoms with Crippen molar-refractivity contribution in [3.63, 3.8) is 0 Å². The first-order chi connectivity index (χ1) is 7.72. The zero-order valence-electron chi connectivity index (χ0n) is 9.19. The van der Waals surface area contributed by atoms with Gasteiger partial charge in [0, 0.05) is 0 Å². The smallest absolute Gasteiger partial charge is 0.376 e. The Morgan fingerprint density at radius 2 is 2.06 bits per heavy atom. The second kappa shape index (κ2) is 5.97. The van der Waals surface area contributed by atoms with E-state index < -0.39 is 5.97 Å². The Hall–Kier alpha value is -1.75. The second-order valence-corrected chi connectivity index (χ2v) is 2.76. The minimum Gasteiger partial charge on any atom is -0.497 e. The molecular formula is C11H13O5. The van der Waals surface area contributed by atoms with Gasteiger partial charge in [-0.1, -0.05) is 0 Å². The largest absolute Gasteiger partial charge is 0.497 e. The van der Waals surface area contributed by atoms with Crippen molar-refractivity contribution in [2.45, 2.75) is 0 Å². The lowest BCUT2D eigenvalue weighted by Crippen LogP contribution is -2.08. The number of hydrogen-bond donors (Lipinski definition) is 0. The fourth-order valence-corrected chi connectivity index (χ4v) is 1.11. The fourth-order valence-electron chi connectivity index (χ4n) is 1.11. The van der Waals surface area contributed by atoms with Gasteiger partial charge in [-0.25, -0.2) is 4.79 Å². The molecule has 0 N–H and O–H groups in total. The van der Waals surface area contributed by atoms with Crippen molar-refractivity contribution in [3.05, 3.63) is 30.7 Å². The summed E-state index contributed by atoms with van der Waals surface area (Å²) in [6.07, 6.45) is 0. The number of methoxy groups -OCH3 is 2. The first-order valence-electron chi connectivity index (χ1n) is 4.58. The highest BCUT2D eigenvalue weighted by molar-refractivity contribution is 5.92. The molecule has 0 bridgehead atoms. The van der Waals surface area contributed by atoms with Crippen LogP contribution < -0.4 is 9.47 Å². The standard InChI is InChI=1S/C11H13O5/c1-4-15-16-11(12)9-7-8(13-2)5-6-10(9)14-3/h5-7H,1,4H2,2-3H3. The predicted octanol–water partition coefficient (Wildman–Crippen LogP) is 1.63. The Labute approximate surface area is 93.8 Å². The van der Waals surface area contributed by atoms with Gasteiger partial charge in [-0.3, -0.25) is 4.89 Å². The van der Waals surface area contributed by atoms with E-state index in [1.54, 1.807) is 12.1 Å². The van der Waals surface area contributed by atoms with Gasteiger partial charge in [-0.15, -0.1) is 0 Å². The molecule has 0 spiro atoms. The first kappa shape index (κ1) is 12.3. The van der Waals surface area contributed by atoms with E-state index in [0.717, 1.165) is 0 Å². The zero-order chi connectivity index (χ0) is 12.0. The van der Waals surface area contributed by atoms with Crippen LogP contribution in [-0.2, 0) is 9.78 Å². The van der Waals surface area contributed by atoms with Gasteiger partial charge in [0.05, 0.1) is 20.8 Å². The van der Waals surface area contributed by atoms with Crippen LogP contribution >= 0.6 is 0 Å². The maximum Gasteiger partial charge on any atom is 0.376 e. The van der Waals surface area contributed by atoms with E-state index in [-0.39, 0.29) is 12.2 Å². The van der Waals surface area contributed by atoms with E-state index in [9.17, 15) is 4.79 Å². The molecule has 1 rings (SSSR count). The van der Waals surface area contributed by atoms with Crippen LogP contribution in [0.2, 0.25) is 0 Å². The third-order valence-electron chi connectivity index (χ3n) is 1.84. The van der Waals surface area contributed by atoms with Crippen LogP contribution in [0.4, 0.5) is 0 Å². The van der Waals surface area contributed by atoms with Crippen LogP contribution in [0, 0.1) is 6.92 Å². The molecule has 1 radical (unpaired) electrons. The van der Waals surface area contributed by atoms with Crippen molar-refractivity contribution < 1.29 is 24.0 Å². The highest BCUT2D eigenvalue weighted by Crippen LogP contribution is 2.24. The minimum atomic E-state index is -0.653. The lowest BCUT2D eigenvalue weighted by molar-refractivity contribution is -0.232. The third kappa shape index (κ3) is 2.87. The van der Waals surface area contributed by atoms with Gasteiger partial charge in [0.25, 0.3) is 0 Å². The number of rotatable bonds is 5. The summed E-state index contributed by atoms with van der Waals surface area (Å²) in [6.45, 7) is 3.41. The van der Waals surface area contributed by atoms with Crippen LogP contribution in [0.25, 0.3) is 0 Å². The second-order valence-electron chi connectivity index (χ2n) is 2.76. The summed E-state index contributed by atoms with van der Waals surface area (Å²) in [4.78, 5) is 20.5. The van der Waals surface area contributed by atoms with Gasteiger partial charge < -0.3 is 9.47 Å². The van der Waals surface area contributed by atoms with E-state index in [0.29, 0.717) is 11.5 Å². The highest BCUT2D eigenvalue weighted by Gasteiger charge is 2.15. The number of benzene rings is 1. The lowest BCUT2D eigenvalue weighted by atomic mass is 10.2. The topological polar surface area (TPSA) is 54.0 Å². The van der Waals surface area contributed by atoms with Crippen LogP contribution in [0.5, 0.6) is 11.5 Å². The van der Waals surface area contributed by atoms with E-state index in [2.05, 4.69) is 16.7 Å². The highest BCUT2D eigenvalue weighted by atomic mass is 17.2. The van der Waals surface area contributed by atoms with Gasteiger partial charge in [-0.05, 0) is 25.1 Å². The van der Waals surface area contributed by atoms with Crippen molar-refractivity contribution in [2.75, 3.05) is 20.8 Å². The number of ether oxygens (including phenoxy) is 2. The first-order valence-corrected chi connectivity index (χ1v) is 4.58. The van der Waals surface area contributed by atoms with Gasteiger partial charge in [0.15, 0.2) is 0 Å². The number of carbonyl (C=O) groups is 1. The SMILES string of the molecule is [CH2]COOC(=O)c1cc(OC)ccc1OC. The monoisotopic (exact) mass is 225 g/mol. The molecule has 0 aliphatic carbocycles.